The molecular formula is C18H17N5O2. The third kappa shape index (κ3) is 3.43. The molecule has 1 heterocycles. The van der Waals surface area contributed by atoms with Gasteiger partial charge in [0.05, 0.1) is 27.2 Å². The molecule has 1 aromatic heterocycles. The molecule has 0 aliphatic carbocycles. The van der Waals surface area contributed by atoms with Crippen molar-refractivity contribution in [1.29, 1.82) is 5.26 Å². The lowest BCUT2D eigenvalue weighted by Crippen LogP contribution is -2.08. The summed E-state index contributed by atoms with van der Waals surface area (Å²) in [5.74, 6) is 0.967. The average molecular weight is 335 g/mol. The third-order valence-corrected chi connectivity index (χ3v) is 4.05. The van der Waals surface area contributed by atoms with Crippen LogP contribution in [0.5, 0.6) is 0 Å². The maximum atomic E-state index is 10.8. The van der Waals surface area contributed by atoms with Crippen molar-refractivity contribution < 1.29 is 4.92 Å². The van der Waals surface area contributed by atoms with Crippen LogP contribution in [-0.4, -0.2) is 21.0 Å². The fourth-order valence-corrected chi connectivity index (χ4v) is 2.83. The summed E-state index contributed by atoms with van der Waals surface area (Å²) in [4.78, 5) is 14.8. The van der Waals surface area contributed by atoms with Crippen LogP contribution in [0.4, 0.5) is 11.4 Å². The number of nitro groups is 1. The second-order valence-electron chi connectivity index (χ2n) is 5.68. The zero-order valence-electron chi connectivity index (χ0n) is 13.8. The smallest absolute Gasteiger partial charge is 0.270 e. The van der Waals surface area contributed by atoms with Crippen LogP contribution >= 0.6 is 0 Å². The highest BCUT2D eigenvalue weighted by Gasteiger charge is 2.10. The summed E-state index contributed by atoms with van der Waals surface area (Å²) in [7, 11) is 0. The van der Waals surface area contributed by atoms with Crippen molar-refractivity contribution in [2.24, 2.45) is 0 Å². The first kappa shape index (κ1) is 16.5. The van der Waals surface area contributed by atoms with Crippen molar-refractivity contribution in [3.05, 3.63) is 64.0 Å². The number of fused-ring (bicyclic) bond motifs is 1. The van der Waals surface area contributed by atoms with Crippen LogP contribution in [0.3, 0.4) is 0 Å². The Kier molecular flexibility index (Phi) is 4.61. The van der Waals surface area contributed by atoms with Crippen LogP contribution in [0.15, 0.2) is 42.5 Å². The normalized spacial score (nSPS) is 10.6. The zero-order chi connectivity index (χ0) is 17.8. The Hall–Kier alpha value is -3.40. The van der Waals surface area contributed by atoms with Crippen molar-refractivity contribution in [1.82, 2.24) is 9.55 Å². The number of nitrogens with one attached hydrogen (secondary N) is 1. The molecule has 0 fully saturated rings. The molecule has 0 bridgehead atoms. The molecule has 0 amide bonds. The Morgan fingerprint density at radius 3 is 2.88 bits per heavy atom. The number of nitro benzene ring substituents is 1. The first-order valence-electron chi connectivity index (χ1n) is 7.94. The number of non-ortho nitro benzene ring substituents is 1. The van der Waals surface area contributed by atoms with Crippen molar-refractivity contribution in [3.8, 4) is 6.07 Å². The minimum absolute atomic E-state index is 0.0809. The SMILES string of the molecule is Cc1nc2ccccc2n1CCCNc1ccc([N+](=O)[O-])cc1C#N. The Morgan fingerprint density at radius 2 is 2.12 bits per heavy atom. The maximum absolute atomic E-state index is 10.8. The molecule has 0 radical (unpaired) electrons. The molecule has 7 nitrogen and oxygen atoms in total. The van der Waals surface area contributed by atoms with Crippen LogP contribution in [0.25, 0.3) is 11.0 Å². The molecule has 0 saturated heterocycles. The number of para-hydroxylation sites is 2. The van der Waals surface area contributed by atoms with E-state index in [2.05, 4.69) is 14.9 Å². The molecule has 3 aromatic rings. The standard InChI is InChI=1S/C18H17N5O2/c1-13-21-17-5-2-3-6-18(17)22(13)10-4-9-20-16-8-7-15(23(24)25)11-14(16)12-19/h2-3,5-8,11,20H,4,9-10H2,1H3. The van der Waals surface area contributed by atoms with Crippen molar-refractivity contribution in [2.75, 3.05) is 11.9 Å². The van der Waals surface area contributed by atoms with Gasteiger partial charge >= 0.3 is 0 Å². The number of aryl methyl sites for hydroxylation is 2. The molecule has 2 aromatic carbocycles. The van der Waals surface area contributed by atoms with Gasteiger partial charge in [-0.2, -0.15) is 5.26 Å². The number of benzene rings is 2. The van der Waals surface area contributed by atoms with Gasteiger partial charge < -0.3 is 9.88 Å². The number of nitriles is 1. The highest BCUT2D eigenvalue weighted by atomic mass is 16.6. The van der Waals surface area contributed by atoms with E-state index in [4.69, 9.17) is 5.26 Å². The van der Waals surface area contributed by atoms with E-state index >= 15 is 0 Å². The summed E-state index contributed by atoms with van der Waals surface area (Å²) in [6.45, 7) is 3.43. The molecule has 0 spiro atoms. The molecule has 7 heteroatoms. The third-order valence-electron chi connectivity index (χ3n) is 4.05. The molecule has 25 heavy (non-hydrogen) atoms. The number of rotatable bonds is 6. The van der Waals surface area contributed by atoms with Gasteiger partial charge in [0.25, 0.3) is 5.69 Å². The summed E-state index contributed by atoms with van der Waals surface area (Å²) < 4.78 is 2.16. The van der Waals surface area contributed by atoms with Crippen LogP contribution in [0.2, 0.25) is 0 Å². The lowest BCUT2D eigenvalue weighted by atomic mass is 10.1. The fourth-order valence-electron chi connectivity index (χ4n) is 2.83. The van der Waals surface area contributed by atoms with E-state index in [9.17, 15) is 10.1 Å². The van der Waals surface area contributed by atoms with Gasteiger partial charge in [0.2, 0.25) is 0 Å². The molecule has 0 aliphatic rings. The summed E-state index contributed by atoms with van der Waals surface area (Å²) in [5, 5.41) is 23.1. The summed E-state index contributed by atoms with van der Waals surface area (Å²) >= 11 is 0. The van der Waals surface area contributed by atoms with E-state index in [0.717, 1.165) is 29.8 Å². The summed E-state index contributed by atoms with van der Waals surface area (Å²) in [6, 6.07) is 14.3. The van der Waals surface area contributed by atoms with E-state index in [0.29, 0.717) is 12.2 Å². The Bertz CT molecular complexity index is 971. The largest absolute Gasteiger partial charge is 0.384 e. The van der Waals surface area contributed by atoms with E-state index in [1.165, 1.54) is 12.1 Å². The molecule has 126 valence electrons. The predicted octanol–water partition coefficient (Wildman–Crippen LogP) is 3.63. The molecule has 0 unspecified atom stereocenters. The second-order valence-corrected chi connectivity index (χ2v) is 5.68. The number of anilines is 1. The highest BCUT2D eigenvalue weighted by molar-refractivity contribution is 5.75. The van der Waals surface area contributed by atoms with Gasteiger partial charge in [-0.1, -0.05) is 12.1 Å². The summed E-state index contributed by atoms with van der Waals surface area (Å²) in [5.41, 5.74) is 2.89. The first-order chi connectivity index (χ1) is 12.1. The Labute approximate surface area is 144 Å². The van der Waals surface area contributed by atoms with Crippen molar-refractivity contribution in [3.63, 3.8) is 0 Å². The van der Waals surface area contributed by atoms with Crippen molar-refractivity contribution >= 4 is 22.4 Å². The van der Waals surface area contributed by atoms with Gasteiger partial charge in [0.15, 0.2) is 0 Å². The van der Waals surface area contributed by atoms with Gasteiger partial charge in [-0.25, -0.2) is 4.98 Å². The van der Waals surface area contributed by atoms with Crippen LogP contribution < -0.4 is 5.32 Å². The van der Waals surface area contributed by atoms with E-state index in [1.54, 1.807) is 6.07 Å². The van der Waals surface area contributed by atoms with Gasteiger partial charge in [-0.05, 0) is 31.5 Å². The van der Waals surface area contributed by atoms with Gasteiger partial charge in [0.1, 0.15) is 11.9 Å². The van der Waals surface area contributed by atoms with E-state index < -0.39 is 4.92 Å². The lowest BCUT2D eigenvalue weighted by Gasteiger charge is -2.10. The van der Waals surface area contributed by atoms with Crippen LogP contribution in [-0.2, 0) is 6.54 Å². The molecule has 0 saturated carbocycles. The minimum Gasteiger partial charge on any atom is -0.384 e. The molecule has 3 rings (SSSR count). The zero-order valence-corrected chi connectivity index (χ0v) is 13.8. The van der Waals surface area contributed by atoms with Gasteiger partial charge in [0, 0.05) is 25.2 Å². The van der Waals surface area contributed by atoms with Crippen LogP contribution in [0, 0.1) is 28.4 Å². The second kappa shape index (κ2) is 7.01. The molecule has 0 aliphatic heterocycles. The topological polar surface area (TPSA) is 96.8 Å². The summed E-state index contributed by atoms with van der Waals surface area (Å²) in [6.07, 6.45) is 0.836. The predicted molar refractivity (Wildman–Crippen MR) is 95.4 cm³/mol. The fraction of sp³-hybridized carbons (Fsp3) is 0.222. The Balaban J connectivity index is 1.64. The maximum Gasteiger partial charge on any atom is 0.270 e. The van der Waals surface area contributed by atoms with Gasteiger partial charge in [-0.3, -0.25) is 10.1 Å². The molecule has 0 atom stereocenters. The molecule has 1 N–H and O–H groups in total. The van der Waals surface area contributed by atoms with E-state index in [1.807, 2.05) is 37.3 Å². The first-order valence-corrected chi connectivity index (χ1v) is 7.94. The number of aromatic nitrogens is 2. The van der Waals surface area contributed by atoms with Gasteiger partial charge in [-0.15, -0.1) is 0 Å². The lowest BCUT2D eigenvalue weighted by molar-refractivity contribution is -0.384. The monoisotopic (exact) mass is 335 g/mol. The average Bonchev–Trinajstić information content (AvgIpc) is 2.94. The number of nitrogens with zero attached hydrogens (tertiary/aromatic N) is 4. The van der Waals surface area contributed by atoms with Crippen molar-refractivity contribution in [2.45, 2.75) is 19.9 Å². The quantitative estimate of drug-likeness (QED) is 0.421. The number of imidazole rings is 1. The Morgan fingerprint density at radius 1 is 1.32 bits per heavy atom. The molecular weight excluding hydrogens is 318 g/mol. The minimum atomic E-state index is -0.502. The number of hydrogen-bond donors (Lipinski definition) is 1. The van der Waals surface area contributed by atoms with Crippen LogP contribution in [0.1, 0.15) is 17.8 Å². The number of hydrogen-bond acceptors (Lipinski definition) is 5. The highest BCUT2D eigenvalue weighted by Crippen LogP contribution is 2.21. The van der Waals surface area contributed by atoms with E-state index in [-0.39, 0.29) is 11.3 Å².